The van der Waals surface area contributed by atoms with E-state index in [4.69, 9.17) is 0 Å². The molecule has 0 aliphatic rings. The Morgan fingerprint density at radius 3 is 1.55 bits per heavy atom. The van der Waals surface area contributed by atoms with Crippen LogP contribution in [0.5, 0.6) is 0 Å². The molecule has 0 spiro atoms. The van der Waals surface area contributed by atoms with Crippen molar-refractivity contribution >= 4 is 27.1 Å². The molecule has 0 bridgehead atoms. The van der Waals surface area contributed by atoms with E-state index in [1.54, 1.807) is 4.68 Å². The first-order valence-corrected chi connectivity index (χ1v) is 14.7. The first-order chi connectivity index (χ1) is 20.8. The van der Waals surface area contributed by atoms with Crippen LogP contribution in [0.15, 0.2) is 146 Å². The van der Waals surface area contributed by atoms with Crippen LogP contribution < -0.4 is 0 Å². The second kappa shape index (κ2) is 12.2. The summed E-state index contributed by atoms with van der Waals surface area (Å²) in [6.07, 6.45) is 0. The molecule has 0 saturated heterocycles. The van der Waals surface area contributed by atoms with E-state index >= 15 is 0 Å². The summed E-state index contributed by atoms with van der Waals surface area (Å²) in [5.74, 6) is 0.373. The normalized spacial score (nSPS) is 11.9. The number of hydrogen-bond donors (Lipinski definition) is 0. The van der Waals surface area contributed by atoms with Crippen molar-refractivity contribution in [3.63, 3.8) is 0 Å². The van der Waals surface area contributed by atoms with Crippen LogP contribution in [-0.2, 0) is 10.9 Å². The summed E-state index contributed by atoms with van der Waals surface area (Å²) in [7, 11) is 0. The van der Waals surface area contributed by atoms with Crippen molar-refractivity contribution in [3.05, 3.63) is 185 Å². The largest absolute Gasteiger partial charge is 0.205 e. The molecule has 0 aliphatic heterocycles. The average molecular weight is 609 g/mol. The first-order valence-electron chi connectivity index (χ1n) is 13.6. The number of nitriles is 1. The Morgan fingerprint density at radius 2 is 1.10 bits per heavy atom. The monoisotopic (exact) mass is 607 g/mol. The molecule has 202 valence electrons. The summed E-state index contributed by atoms with van der Waals surface area (Å²) in [5.41, 5.74) is 6.03. The van der Waals surface area contributed by atoms with E-state index in [1.807, 2.05) is 97.1 Å². The third-order valence-electron chi connectivity index (χ3n) is 7.41. The first kappa shape index (κ1) is 27.1. The van der Waals surface area contributed by atoms with E-state index in [0.717, 1.165) is 44.3 Å². The van der Waals surface area contributed by atoms with Crippen molar-refractivity contribution in [2.24, 2.45) is 0 Å². The van der Waals surface area contributed by atoms with Crippen molar-refractivity contribution in [2.45, 2.75) is 10.9 Å². The molecule has 6 aromatic rings. The molecule has 0 unspecified atom stereocenters. The molecule has 1 heterocycles. The molecule has 42 heavy (non-hydrogen) atoms. The second-order valence-electron chi connectivity index (χ2n) is 9.78. The third-order valence-corrected chi connectivity index (χ3v) is 8.05. The number of rotatable bonds is 8. The summed E-state index contributed by atoms with van der Waals surface area (Å²) >= 11 is 3.54. The van der Waals surface area contributed by atoms with E-state index in [2.05, 4.69) is 86.1 Å². The minimum absolute atomic E-state index is 0.373. The zero-order valence-corrected chi connectivity index (χ0v) is 24.3. The van der Waals surface area contributed by atoms with Crippen molar-refractivity contribution < 1.29 is 0 Å². The van der Waals surface area contributed by atoms with Crippen LogP contribution in [0.1, 0.15) is 39.2 Å². The minimum Gasteiger partial charge on any atom is -0.205 e. The van der Waals surface area contributed by atoms with Gasteiger partial charge in [0, 0.05) is 10.9 Å². The van der Waals surface area contributed by atoms with Gasteiger partial charge < -0.3 is 0 Å². The SMILES string of the molecule is N#C/C(=C(/c1ccccc1)c1ccc(CBr)cc1)c1nnnn1C(c1ccccc1)(c1ccccc1)c1ccccc1. The molecule has 0 saturated carbocycles. The molecule has 5 aromatic carbocycles. The Kier molecular flexibility index (Phi) is 7.85. The summed E-state index contributed by atoms with van der Waals surface area (Å²) in [6, 6.07) is 51.2. The minimum atomic E-state index is -0.966. The van der Waals surface area contributed by atoms with Gasteiger partial charge in [-0.25, -0.2) is 4.68 Å². The van der Waals surface area contributed by atoms with Gasteiger partial charge in [0.05, 0.1) is 0 Å². The number of aromatic nitrogens is 4. The molecule has 5 nitrogen and oxygen atoms in total. The van der Waals surface area contributed by atoms with Gasteiger partial charge in [-0.2, -0.15) is 5.26 Å². The van der Waals surface area contributed by atoms with Crippen molar-refractivity contribution in [1.29, 1.82) is 5.26 Å². The number of halogens is 1. The highest BCUT2D eigenvalue weighted by atomic mass is 79.9. The van der Waals surface area contributed by atoms with Crippen LogP contribution in [0, 0.1) is 11.3 Å². The number of nitrogens with zero attached hydrogens (tertiary/aromatic N) is 5. The van der Waals surface area contributed by atoms with Gasteiger partial charge in [-0.05, 0) is 43.8 Å². The molecule has 0 fully saturated rings. The Hall–Kier alpha value is -5.12. The molecule has 6 heteroatoms. The Labute approximate surface area is 253 Å². The van der Waals surface area contributed by atoms with Gasteiger partial charge in [0.1, 0.15) is 17.2 Å². The van der Waals surface area contributed by atoms with Crippen LogP contribution in [0.3, 0.4) is 0 Å². The van der Waals surface area contributed by atoms with E-state index in [0.29, 0.717) is 11.4 Å². The van der Waals surface area contributed by atoms with Gasteiger partial charge in [0.2, 0.25) is 0 Å². The van der Waals surface area contributed by atoms with Crippen molar-refractivity contribution in [2.75, 3.05) is 0 Å². The fourth-order valence-corrected chi connectivity index (χ4v) is 5.89. The van der Waals surface area contributed by atoms with E-state index < -0.39 is 5.54 Å². The Balaban J connectivity index is 1.72. The van der Waals surface area contributed by atoms with Gasteiger partial charge in [-0.15, -0.1) is 5.10 Å². The van der Waals surface area contributed by atoms with E-state index in [-0.39, 0.29) is 0 Å². The van der Waals surface area contributed by atoms with E-state index in [1.165, 1.54) is 0 Å². The summed E-state index contributed by atoms with van der Waals surface area (Å²) in [6.45, 7) is 0. The number of benzene rings is 5. The molecular formula is C36H26BrN5. The fourth-order valence-electron chi connectivity index (χ4n) is 5.51. The van der Waals surface area contributed by atoms with Crippen molar-refractivity contribution in [3.8, 4) is 6.07 Å². The lowest BCUT2D eigenvalue weighted by molar-refractivity contribution is 0.443. The average Bonchev–Trinajstić information content (AvgIpc) is 3.56. The Morgan fingerprint density at radius 1 is 0.643 bits per heavy atom. The highest BCUT2D eigenvalue weighted by Gasteiger charge is 2.42. The van der Waals surface area contributed by atoms with E-state index in [9.17, 15) is 5.26 Å². The smallest absolute Gasteiger partial charge is 0.194 e. The molecule has 1 aromatic heterocycles. The molecule has 0 aliphatic carbocycles. The van der Waals surface area contributed by atoms with Crippen LogP contribution in [0.2, 0.25) is 0 Å². The van der Waals surface area contributed by atoms with Gasteiger partial charge in [-0.3, -0.25) is 0 Å². The van der Waals surface area contributed by atoms with Crippen molar-refractivity contribution in [1.82, 2.24) is 20.2 Å². The summed E-state index contributed by atoms with van der Waals surface area (Å²) in [5, 5.41) is 25.0. The maximum atomic E-state index is 10.9. The maximum Gasteiger partial charge on any atom is 0.194 e. The summed E-state index contributed by atoms with van der Waals surface area (Å²) < 4.78 is 1.81. The molecule has 0 atom stereocenters. The fraction of sp³-hybridized carbons (Fsp3) is 0.0556. The van der Waals surface area contributed by atoms with Gasteiger partial charge in [0.25, 0.3) is 0 Å². The molecule has 6 rings (SSSR count). The summed E-state index contributed by atoms with van der Waals surface area (Å²) in [4.78, 5) is 0. The predicted octanol–water partition coefficient (Wildman–Crippen LogP) is 7.89. The van der Waals surface area contributed by atoms with Crippen LogP contribution >= 0.6 is 15.9 Å². The van der Waals surface area contributed by atoms with Gasteiger partial charge in [-0.1, -0.05) is 162 Å². The standard InChI is InChI=1S/C36H26BrN5/c37-25-27-21-23-29(24-22-27)34(28-13-5-1-6-14-28)33(26-38)35-39-40-41-42(35)36(30-15-7-2-8-16-30,31-17-9-3-10-18-31)32-19-11-4-12-20-32/h1-24H,25H2/b34-33+. The number of hydrogen-bond acceptors (Lipinski definition) is 4. The molecule has 0 amide bonds. The lowest BCUT2D eigenvalue weighted by Crippen LogP contribution is -2.40. The van der Waals surface area contributed by atoms with Crippen LogP contribution in [0.25, 0.3) is 11.1 Å². The van der Waals surface area contributed by atoms with Gasteiger partial charge in [0.15, 0.2) is 5.82 Å². The second-order valence-corrected chi connectivity index (χ2v) is 10.3. The quantitative estimate of drug-likeness (QED) is 0.100. The molecular weight excluding hydrogens is 582 g/mol. The Bertz CT molecular complexity index is 1740. The number of allylic oxidation sites excluding steroid dienone is 1. The van der Waals surface area contributed by atoms with Crippen LogP contribution in [-0.4, -0.2) is 20.2 Å². The lowest BCUT2D eigenvalue weighted by Gasteiger charge is -2.36. The number of tetrazole rings is 1. The third kappa shape index (κ3) is 4.85. The highest BCUT2D eigenvalue weighted by molar-refractivity contribution is 9.08. The van der Waals surface area contributed by atoms with Crippen LogP contribution in [0.4, 0.5) is 0 Å². The predicted molar refractivity (Wildman–Crippen MR) is 169 cm³/mol. The maximum absolute atomic E-state index is 10.9. The zero-order valence-electron chi connectivity index (χ0n) is 22.7. The molecule has 0 radical (unpaired) electrons. The number of alkyl halides is 1. The van der Waals surface area contributed by atoms with Gasteiger partial charge >= 0.3 is 0 Å². The topological polar surface area (TPSA) is 67.4 Å². The zero-order chi connectivity index (χ0) is 28.8. The lowest BCUT2D eigenvalue weighted by atomic mass is 9.76. The highest BCUT2D eigenvalue weighted by Crippen LogP contribution is 2.42. The molecule has 0 N–H and O–H groups in total.